The number of hydrogen-bond acceptors (Lipinski definition) is 3. The summed E-state index contributed by atoms with van der Waals surface area (Å²) in [5.41, 5.74) is 2.66. The van der Waals surface area contributed by atoms with Crippen LogP contribution in [0.1, 0.15) is 5.56 Å². The Morgan fingerprint density at radius 3 is 2.86 bits per heavy atom. The summed E-state index contributed by atoms with van der Waals surface area (Å²) in [6, 6.07) is 13.2. The molecule has 0 spiro atoms. The predicted octanol–water partition coefficient (Wildman–Crippen LogP) is 3.31. The number of methoxy groups -OCH3 is 1. The minimum absolute atomic E-state index is 0.0209. The Morgan fingerprint density at radius 1 is 1.29 bits per heavy atom. The van der Waals surface area contributed by atoms with Gasteiger partial charge in [-0.1, -0.05) is 29.8 Å². The van der Waals surface area contributed by atoms with E-state index in [0.717, 1.165) is 22.7 Å². The fourth-order valence-corrected chi connectivity index (χ4v) is 2.59. The molecule has 0 saturated carbocycles. The summed E-state index contributed by atoms with van der Waals surface area (Å²) in [6.45, 7) is 0.726. The van der Waals surface area contributed by atoms with E-state index in [2.05, 4.69) is 5.32 Å². The Hall–Kier alpha value is -2.20. The molecule has 0 bridgehead atoms. The Balaban J connectivity index is 1.96. The molecule has 1 heterocycles. The zero-order valence-corrected chi connectivity index (χ0v) is 12.4. The molecule has 0 fully saturated rings. The van der Waals surface area contributed by atoms with Crippen LogP contribution < -0.4 is 15.0 Å². The van der Waals surface area contributed by atoms with Gasteiger partial charge in [-0.25, -0.2) is 0 Å². The number of nitrogens with zero attached hydrogens (tertiary/aromatic N) is 1. The molecule has 1 amide bonds. The highest BCUT2D eigenvalue weighted by Gasteiger charge is 2.24. The number of nitrogens with one attached hydrogen (secondary N) is 1. The Labute approximate surface area is 128 Å². The van der Waals surface area contributed by atoms with E-state index in [4.69, 9.17) is 16.3 Å². The van der Waals surface area contributed by atoms with Gasteiger partial charge >= 0.3 is 0 Å². The number of hydrogen-bond donors (Lipinski definition) is 1. The zero-order chi connectivity index (χ0) is 14.8. The summed E-state index contributed by atoms with van der Waals surface area (Å²) in [5, 5.41) is 3.78. The molecule has 1 aliphatic rings. The van der Waals surface area contributed by atoms with Gasteiger partial charge < -0.3 is 15.0 Å². The maximum absolute atomic E-state index is 12.2. The highest BCUT2D eigenvalue weighted by molar-refractivity contribution is 6.31. The fraction of sp³-hybridized carbons (Fsp3) is 0.188. The van der Waals surface area contributed by atoms with Gasteiger partial charge in [-0.05, 0) is 23.8 Å². The summed E-state index contributed by atoms with van der Waals surface area (Å²) >= 11 is 6.19. The van der Waals surface area contributed by atoms with E-state index in [0.29, 0.717) is 11.6 Å². The number of fused-ring (bicyclic) bond motifs is 1. The van der Waals surface area contributed by atoms with Crippen molar-refractivity contribution in [1.82, 2.24) is 0 Å². The molecule has 0 atom stereocenters. The van der Waals surface area contributed by atoms with Crippen LogP contribution in [0.5, 0.6) is 5.75 Å². The average molecular weight is 303 g/mol. The lowest BCUT2D eigenvalue weighted by molar-refractivity contribution is -0.117. The summed E-state index contributed by atoms with van der Waals surface area (Å²) < 4.78 is 5.22. The first-order chi connectivity index (χ1) is 10.2. The molecular weight excluding hydrogens is 288 g/mol. The van der Waals surface area contributed by atoms with Crippen LogP contribution in [0.3, 0.4) is 0 Å². The van der Waals surface area contributed by atoms with Crippen LogP contribution in [0.25, 0.3) is 0 Å². The van der Waals surface area contributed by atoms with E-state index < -0.39 is 0 Å². The lowest BCUT2D eigenvalue weighted by Gasteiger charge is -2.30. The summed E-state index contributed by atoms with van der Waals surface area (Å²) in [7, 11) is 1.62. The van der Waals surface area contributed by atoms with E-state index in [1.54, 1.807) is 12.0 Å². The van der Waals surface area contributed by atoms with Crippen molar-refractivity contribution in [2.24, 2.45) is 0 Å². The Kier molecular flexibility index (Phi) is 3.71. The Bertz CT molecular complexity index is 688. The van der Waals surface area contributed by atoms with Gasteiger partial charge in [0, 0.05) is 11.1 Å². The van der Waals surface area contributed by atoms with Crippen molar-refractivity contribution in [3.8, 4) is 5.75 Å². The van der Waals surface area contributed by atoms with Crippen LogP contribution in [0.15, 0.2) is 42.5 Å². The first-order valence-electron chi connectivity index (χ1n) is 6.64. The van der Waals surface area contributed by atoms with Crippen LogP contribution in [-0.4, -0.2) is 19.6 Å². The molecule has 3 rings (SSSR count). The molecule has 0 saturated heterocycles. The molecule has 1 aliphatic heterocycles. The third-order valence-corrected chi connectivity index (χ3v) is 3.88. The third-order valence-electron chi connectivity index (χ3n) is 3.51. The number of amides is 1. The monoisotopic (exact) mass is 302 g/mol. The highest BCUT2D eigenvalue weighted by Crippen LogP contribution is 2.34. The molecular formula is C16H15ClN2O2. The van der Waals surface area contributed by atoms with Crippen molar-refractivity contribution in [2.45, 2.75) is 6.54 Å². The normalized spacial score (nSPS) is 13.6. The van der Waals surface area contributed by atoms with Crippen LogP contribution in [-0.2, 0) is 11.3 Å². The number of anilines is 2. The highest BCUT2D eigenvalue weighted by atomic mass is 35.5. The fourth-order valence-electron chi connectivity index (χ4n) is 2.39. The molecule has 0 radical (unpaired) electrons. The molecule has 1 N–H and O–H groups in total. The molecule has 2 aromatic rings. The van der Waals surface area contributed by atoms with Crippen LogP contribution in [0.2, 0.25) is 5.02 Å². The van der Waals surface area contributed by atoms with Gasteiger partial charge in [-0.15, -0.1) is 0 Å². The lowest BCUT2D eigenvalue weighted by Crippen LogP contribution is -2.39. The van der Waals surface area contributed by atoms with Crippen molar-refractivity contribution >= 4 is 28.9 Å². The maximum Gasteiger partial charge on any atom is 0.246 e. The van der Waals surface area contributed by atoms with E-state index in [1.807, 2.05) is 42.5 Å². The average Bonchev–Trinajstić information content (AvgIpc) is 2.51. The number of ether oxygens (including phenoxy) is 1. The Morgan fingerprint density at radius 2 is 2.10 bits per heavy atom. The summed E-state index contributed by atoms with van der Waals surface area (Å²) in [6.07, 6.45) is 0. The van der Waals surface area contributed by atoms with Crippen LogP contribution >= 0.6 is 11.6 Å². The second-order valence-corrected chi connectivity index (χ2v) is 5.22. The standard InChI is InChI=1S/C16H15ClN2O2/c1-21-12-6-7-15-14(8-12)18-9-16(20)19(15)10-11-4-2-3-5-13(11)17/h2-8,18H,9-10H2,1H3. The van der Waals surface area contributed by atoms with Gasteiger partial charge in [0.2, 0.25) is 5.91 Å². The number of rotatable bonds is 3. The second-order valence-electron chi connectivity index (χ2n) is 4.81. The summed E-state index contributed by atoms with van der Waals surface area (Å²) in [5.74, 6) is 0.779. The van der Waals surface area contributed by atoms with Gasteiger partial charge in [0.05, 0.1) is 31.6 Å². The molecule has 2 aromatic carbocycles. The zero-order valence-electron chi connectivity index (χ0n) is 11.6. The first-order valence-corrected chi connectivity index (χ1v) is 7.02. The van der Waals surface area contributed by atoms with Crippen LogP contribution in [0.4, 0.5) is 11.4 Å². The van der Waals surface area contributed by atoms with Gasteiger partial charge in [0.15, 0.2) is 0 Å². The van der Waals surface area contributed by atoms with Crippen molar-refractivity contribution in [3.63, 3.8) is 0 Å². The second kappa shape index (κ2) is 5.66. The van der Waals surface area contributed by atoms with Crippen molar-refractivity contribution in [2.75, 3.05) is 23.9 Å². The maximum atomic E-state index is 12.2. The van der Waals surface area contributed by atoms with Crippen molar-refractivity contribution < 1.29 is 9.53 Å². The third kappa shape index (κ3) is 2.67. The van der Waals surface area contributed by atoms with E-state index in [-0.39, 0.29) is 12.5 Å². The van der Waals surface area contributed by atoms with E-state index in [1.165, 1.54) is 0 Å². The van der Waals surface area contributed by atoms with E-state index >= 15 is 0 Å². The molecule has 21 heavy (non-hydrogen) atoms. The lowest BCUT2D eigenvalue weighted by atomic mass is 10.1. The number of carbonyl (C=O) groups is 1. The number of carbonyl (C=O) groups excluding carboxylic acids is 1. The SMILES string of the molecule is COc1ccc2c(c1)NCC(=O)N2Cc1ccccc1Cl. The predicted molar refractivity (Wildman–Crippen MR) is 84.1 cm³/mol. The molecule has 4 nitrogen and oxygen atoms in total. The topological polar surface area (TPSA) is 41.6 Å². The molecule has 0 unspecified atom stereocenters. The first kappa shape index (κ1) is 13.8. The van der Waals surface area contributed by atoms with Gasteiger partial charge in [0.1, 0.15) is 5.75 Å². The van der Waals surface area contributed by atoms with Crippen molar-refractivity contribution in [1.29, 1.82) is 0 Å². The smallest absolute Gasteiger partial charge is 0.246 e. The van der Waals surface area contributed by atoms with Gasteiger partial charge in [-0.2, -0.15) is 0 Å². The molecule has 5 heteroatoms. The minimum Gasteiger partial charge on any atom is -0.497 e. The van der Waals surface area contributed by atoms with Gasteiger partial charge in [-0.3, -0.25) is 4.79 Å². The van der Waals surface area contributed by atoms with Crippen LogP contribution in [0, 0.1) is 0 Å². The summed E-state index contributed by atoms with van der Waals surface area (Å²) in [4.78, 5) is 14.0. The van der Waals surface area contributed by atoms with Crippen molar-refractivity contribution in [3.05, 3.63) is 53.1 Å². The molecule has 0 aromatic heterocycles. The minimum atomic E-state index is 0.0209. The quantitative estimate of drug-likeness (QED) is 0.946. The molecule has 0 aliphatic carbocycles. The van der Waals surface area contributed by atoms with E-state index in [9.17, 15) is 4.79 Å². The largest absolute Gasteiger partial charge is 0.497 e. The van der Waals surface area contributed by atoms with Gasteiger partial charge in [0.25, 0.3) is 0 Å². The molecule has 108 valence electrons. The number of benzene rings is 2. The number of halogens is 1.